The van der Waals surface area contributed by atoms with Crippen LogP contribution in [-0.2, 0) is 12.8 Å². The molecule has 5 heteroatoms. The second-order valence-corrected chi connectivity index (χ2v) is 4.10. The largest absolute Gasteiger partial charge is 0.497 e. The molecule has 0 spiro atoms. The zero-order chi connectivity index (χ0) is 12.3. The molecule has 0 saturated carbocycles. The van der Waals surface area contributed by atoms with E-state index >= 15 is 0 Å². The molecule has 0 radical (unpaired) electrons. The van der Waals surface area contributed by atoms with Crippen LogP contribution in [0.25, 0.3) is 0 Å². The quantitative estimate of drug-likeness (QED) is 0.877. The smallest absolute Gasteiger partial charge is 0.199 e. The molecule has 17 heavy (non-hydrogen) atoms. The van der Waals surface area contributed by atoms with Crippen molar-refractivity contribution in [1.29, 1.82) is 0 Å². The van der Waals surface area contributed by atoms with Gasteiger partial charge in [0, 0.05) is 0 Å². The van der Waals surface area contributed by atoms with Crippen molar-refractivity contribution in [2.45, 2.75) is 12.8 Å². The van der Waals surface area contributed by atoms with Crippen LogP contribution in [0.15, 0.2) is 24.3 Å². The number of rotatable bonds is 4. The van der Waals surface area contributed by atoms with Gasteiger partial charge in [0.2, 0.25) is 0 Å². The molecule has 0 atom stereocenters. The van der Waals surface area contributed by atoms with Crippen LogP contribution >= 0.6 is 11.6 Å². The van der Waals surface area contributed by atoms with Crippen molar-refractivity contribution < 1.29 is 4.74 Å². The summed E-state index contributed by atoms with van der Waals surface area (Å²) in [5.74, 6) is 1.22. The van der Waals surface area contributed by atoms with Gasteiger partial charge < -0.3 is 15.5 Å². The Morgan fingerprint density at radius 1 is 1.29 bits per heavy atom. The van der Waals surface area contributed by atoms with Crippen LogP contribution in [0.4, 0.5) is 5.95 Å². The van der Waals surface area contributed by atoms with E-state index in [0.29, 0.717) is 11.1 Å². The highest BCUT2D eigenvalue weighted by molar-refractivity contribution is 6.30. The van der Waals surface area contributed by atoms with Gasteiger partial charge >= 0.3 is 0 Å². The van der Waals surface area contributed by atoms with E-state index in [9.17, 15) is 0 Å². The van der Waals surface area contributed by atoms with E-state index < -0.39 is 0 Å². The number of benzene rings is 1. The molecule has 2 rings (SSSR count). The van der Waals surface area contributed by atoms with E-state index in [0.717, 1.165) is 24.3 Å². The van der Waals surface area contributed by atoms with Crippen molar-refractivity contribution in [2.75, 3.05) is 12.8 Å². The monoisotopic (exact) mass is 251 g/mol. The average Bonchev–Trinajstić information content (AvgIpc) is 2.66. The Hall–Kier alpha value is -1.68. The van der Waals surface area contributed by atoms with Crippen LogP contribution in [-0.4, -0.2) is 17.1 Å². The van der Waals surface area contributed by atoms with Crippen LogP contribution in [0.2, 0.25) is 5.15 Å². The number of aromatic amines is 1. The highest BCUT2D eigenvalue weighted by Gasteiger charge is 2.06. The van der Waals surface area contributed by atoms with Gasteiger partial charge in [-0.25, -0.2) is 4.98 Å². The molecule has 0 amide bonds. The first-order chi connectivity index (χ1) is 8.19. The lowest BCUT2D eigenvalue weighted by molar-refractivity contribution is 0.414. The third kappa shape index (κ3) is 2.91. The van der Waals surface area contributed by atoms with Crippen LogP contribution in [0.3, 0.4) is 0 Å². The lowest BCUT2D eigenvalue weighted by atomic mass is 10.1. The first-order valence-electron chi connectivity index (χ1n) is 5.32. The molecule has 0 fully saturated rings. The molecule has 0 aliphatic rings. The van der Waals surface area contributed by atoms with Crippen LogP contribution in [0, 0.1) is 0 Å². The van der Waals surface area contributed by atoms with Gasteiger partial charge in [-0.3, -0.25) is 0 Å². The number of ether oxygens (including phenoxy) is 1. The lowest BCUT2D eigenvalue weighted by Crippen LogP contribution is -1.93. The Morgan fingerprint density at radius 3 is 2.53 bits per heavy atom. The first kappa shape index (κ1) is 11.8. The molecule has 0 aliphatic carbocycles. The molecule has 4 nitrogen and oxygen atoms in total. The summed E-state index contributed by atoms with van der Waals surface area (Å²) in [7, 11) is 1.65. The van der Waals surface area contributed by atoms with E-state index in [2.05, 4.69) is 9.97 Å². The Labute approximate surface area is 105 Å². The second kappa shape index (κ2) is 5.10. The third-order valence-electron chi connectivity index (χ3n) is 2.57. The van der Waals surface area contributed by atoms with Gasteiger partial charge in [0.05, 0.1) is 12.8 Å². The van der Waals surface area contributed by atoms with Gasteiger partial charge in [0.25, 0.3) is 0 Å². The van der Waals surface area contributed by atoms with E-state index in [1.807, 2.05) is 24.3 Å². The highest BCUT2D eigenvalue weighted by Crippen LogP contribution is 2.17. The maximum Gasteiger partial charge on any atom is 0.199 e. The molecular weight excluding hydrogens is 238 g/mol. The van der Waals surface area contributed by atoms with E-state index in [1.165, 1.54) is 5.56 Å². The topological polar surface area (TPSA) is 63.9 Å². The van der Waals surface area contributed by atoms with Crippen molar-refractivity contribution in [2.24, 2.45) is 0 Å². The number of aryl methyl sites for hydroxylation is 2. The number of nitrogens with two attached hydrogens (primary N) is 1. The van der Waals surface area contributed by atoms with Gasteiger partial charge in [0.1, 0.15) is 5.75 Å². The molecule has 3 N–H and O–H groups in total. The Kier molecular flexibility index (Phi) is 3.54. The molecule has 0 aliphatic heterocycles. The molecule has 90 valence electrons. The van der Waals surface area contributed by atoms with Gasteiger partial charge in [0.15, 0.2) is 11.1 Å². The number of hydrogen-bond acceptors (Lipinski definition) is 3. The molecule has 1 heterocycles. The lowest BCUT2D eigenvalue weighted by Gasteiger charge is -2.02. The molecule has 0 unspecified atom stereocenters. The summed E-state index contributed by atoms with van der Waals surface area (Å²) in [6.07, 6.45) is 1.67. The minimum Gasteiger partial charge on any atom is -0.497 e. The summed E-state index contributed by atoms with van der Waals surface area (Å²) in [6.45, 7) is 0. The number of aromatic nitrogens is 2. The number of methoxy groups -OCH3 is 1. The summed E-state index contributed by atoms with van der Waals surface area (Å²) < 4.78 is 5.10. The van der Waals surface area contributed by atoms with E-state index in [-0.39, 0.29) is 0 Å². The molecule has 0 saturated heterocycles. The van der Waals surface area contributed by atoms with Crippen molar-refractivity contribution in [3.63, 3.8) is 0 Å². The summed E-state index contributed by atoms with van der Waals surface area (Å²) >= 11 is 5.92. The minimum atomic E-state index is 0.361. The summed E-state index contributed by atoms with van der Waals surface area (Å²) in [5.41, 5.74) is 7.61. The molecule has 1 aromatic carbocycles. The molecule has 0 bridgehead atoms. The van der Waals surface area contributed by atoms with Gasteiger partial charge in [-0.05, 0) is 30.5 Å². The fourth-order valence-electron chi connectivity index (χ4n) is 1.63. The number of halogens is 1. The number of imidazole rings is 1. The van der Waals surface area contributed by atoms with E-state index in [4.69, 9.17) is 22.1 Å². The zero-order valence-corrected chi connectivity index (χ0v) is 10.3. The molecular formula is C12H14ClN3O. The number of anilines is 1. The number of H-pyrrole nitrogens is 1. The summed E-state index contributed by atoms with van der Waals surface area (Å²) in [4.78, 5) is 6.87. The molecule has 1 aromatic heterocycles. The third-order valence-corrected chi connectivity index (χ3v) is 2.88. The minimum absolute atomic E-state index is 0.361. The Balaban J connectivity index is 1.99. The number of nitrogens with zero attached hydrogens (tertiary/aromatic N) is 1. The maximum absolute atomic E-state index is 5.92. The van der Waals surface area contributed by atoms with Crippen LogP contribution in [0.5, 0.6) is 5.75 Å². The standard InChI is InChI=1S/C12H14ClN3O/c1-17-9-5-2-8(3-6-9)4-7-10-11(13)16-12(14)15-10/h2-3,5-6H,4,7H2,1H3,(H3,14,15,16). The van der Waals surface area contributed by atoms with Crippen molar-refractivity contribution in [1.82, 2.24) is 9.97 Å². The second-order valence-electron chi connectivity index (χ2n) is 3.74. The number of nitrogen functional groups attached to an aromatic ring is 1. The average molecular weight is 252 g/mol. The highest BCUT2D eigenvalue weighted by atomic mass is 35.5. The van der Waals surface area contributed by atoms with Gasteiger partial charge in [-0.1, -0.05) is 23.7 Å². The van der Waals surface area contributed by atoms with Crippen LogP contribution in [0.1, 0.15) is 11.3 Å². The fraction of sp³-hybridized carbons (Fsp3) is 0.250. The fourth-order valence-corrected chi connectivity index (χ4v) is 1.87. The maximum atomic E-state index is 5.92. The number of nitrogens with one attached hydrogen (secondary N) is 1. The SMILES string of the molecule is COc1ccc(CCc2[nH]c(N)nc2Cl)cc1. The van der Waals surface area contributed by atoms with Crippen LogP contribution < -0.4 is 10.5 Å². The van der Waals surface area contributed by atoms with E-state index in [1.54, 1.807) is 7.11 Å². The predicted molar refractivity (Wildman–Crippen MR) is 68.4 cm³/mol. The van der Waals surface area contributed by atoms with Gasteiger partial charge in [-0.2, -0.15) is 0 Å². The Bertz CT molecular complexity index is 493. The zero-order valence-electron chi connectivity index (χ0n) is 9.53. The van der Waals surface area contributed by atoms with Crippen molar-refractivity contribution in [3.8, 4) is 5.75 Å². The Morgan fingerprint density at radius 2 is 2.00 bits per heavy atom. The first-order valence-corrected chi connectivity index (χ1v) is 5.69. The normalized spacial score (nSPS) is 10.5. The van der Waals surface area contributed by atoms with Crippen molar-refractivity contribution in [3.05, 3.63) is 40.7 Å². The summed E-state index contributed by atoms with van der Waals surface area (Å²) in [6, 6.07) is 7.95. The van der Waals surface area contributed by atoms with Gasteiger partial charge in [-0.15, -0.1) is 0 Å². The summed E-state index contributed by atoms with van der Waals surface area (Å²) in [5, 5.41) is 0.455. The number of hydrogen-bond donors (Lipinski definition) is 2. The van der Waals surface area contributed by atoms with Crippen molar-refractivity contribution >= 4 is 17.5 Å². The predicted octanol–water partition coefficient (Wildman–Crippen LogP) is 2.44. The molecule has 2 aromatic rings.